The highest BCUT2D eigenvalue weighted by Crippen LogP contribution is 2.53. The quantitative estimate of drug-likeness (QED) is 0.230. The minimum Gasteiger partial charge on any atom is -0.309 e. The normalized spacial score (nSPS) is 13.8. The van der Waals surface area contributed by atoms with E-state index in [1.54, 1.807) is 0 Å². The van der Waals surface area contributed by atoms with Crippen LogP contribution in [0.4, 0.5) is 0 Å². The van der Waals surface area contributed by atoms with Gasteiger partial charge in [-0.05, 0) is 52.6 Å². The fourth-order valence-electron chi connectivity index (χ4n) is 7.14. The molecule has 0 unspecified atom stereocenters. The molecule has 0 N–H and O–H groups in total. The minimum atomic E-state index is -0.139. The van der Waals surface area contributed by atoms with Gasteiger partial charge in [-0.3, -0.25) is 9.55 Å². The van der Waals surface area contributed by atoms with Gasteiger partial charge in [0.1, 0.15) is 12.7 Å². The highest BCUT2D eigenvalue weighted by Gasteiger charge is 2.38. The molecule has 0 saturated carbocycles. The molecule has 1 aliphatic rings. The number of para-hydroxylation sites is 1. The van der Waals surface area contributed by atoms with Crippen molar-refractivity contribution in [3.8, 4) is 22.8 Å². The van der Waals surface area contributed by atoms with Crippen molar-refractivity contribution in [2.75, 3.05) is 0 Å². The molecule has 6 nitrogen and oxygen atoms in total. The van der Waals surface area contributed by atoms with E-state index in [0.717, 1.165) is 27.5 Å². The Kier molecular flexibility index (Phi) is 4.30. The van der Waals surface area contributed by atoms with Gasteiger partial charge in [-0.15, -0.1) is 0 Å². The molecule has 0 atom stereocenters. The maximum Gasteiger partial charge on any atom is 0.237 e. The van der Waals surface area contributed by atoms with Gasteiger partial charge in [-0.1, -0.05) is 68.4 Å². The Balaban J connectivity index is 1.41. The number of hydrogen-bond donors (Lipinski definition) is 0. The van der Waals surface area contributed by atoms with Crippen LogP contribution in [0.25, 0.3) is 66.4 Å². The molecule has 4 aromatic carbocycles. The molecule has 0 fully saturated rings. The van der Waals surface area contributed by atoms with E-state index in [1.807, 2.05) is 18.5 Å². The number of nitrogens with zero attached hydrogens (tertiary/aromatic N) is 6. The third kappa shape index (κ3) is 2.86. The Morgan fingerprint density at radius 3 is 2.29 bits per heavy atom. The van der Waals surface area contributed by atoms with Crippen LogP contribution < -0.4 is 0 Å². The summed E-state index contributed by atoms with van der Waals surface area (Å²) in [4.78, 5) is 17.4. The summed E-state index contributed by atoms with van der Waals surface area (Å²) in [5.74, 6) is 0.591. The lowest BCUT2D eigenvalue weighted by Crippen LogP contribution is -2.16. The van der Waals surface area contributed by atoms with Gasteiger partial charge >= 0.3 is 0 Å². The molecule has 4 aromatic heterocycles. The first-order valence-electron chi connectivity index (χ1n) is 13.8. The van der Waals surface area contributed by atoms with Crippen LogP contribution in [0.2, 0.25) is 0 Å². The van der Waals surface area contributed by atoms with Crippen LogP contribution in [0.3, 0.4) is 0 Å². The number of hydrogen-bond acceptors (Lipinski definition) is 4. The summed E-state index contributed by atoms with van der Waals surface area (Å²) in [5.41, 5.74) is 10.9. The van der Waals surface area contributed by atoms with Gasteiger partial charge in [-0.25, -0.2) is 15.0 Å². The maximum atomic E-state index is 4.48. The van der Waals surface area contributed by atoms with Crippen LogP contribution in [0.5, 0.6) is 0 Å². The molecule has 0 spiro atoms. The van der Waals surface area contributed by atoms with Crippen LogP contribution in [-0.2, 0) is 5.41 Å². The molecule has 0 radical (unpaired) electrons. The van der Waals surface area contributed by atoms with Gasteiger partial charge in [0.2, 0.25) is 5.95 Å². The summed E-state index contributed by atoms with van der Waals surface area (Å²) < 4.78 is 4.54. The molecular weight excluding hydrogens is 504 g/mol. The topological polar surface area (TPSA) is 61.4 Å². The van der Waals surface area contributed by atoms with E-state index < -0.39 is 0 Å². The second-order valence-corrected chi connectivity index (χ2v) is 11.3. The lowest BCUT2D eigenvalue weighted by molar-refractivity contribution is 0.664. The van der Waals surface area contributed by atoms with Crippen LogP contribution >= 0.6 is 0 Å². The van der Waals surface area contributed by atoms with E-state index in [-0.39, 0.29) is 5.41 Å². The zero-order valence-electron chi connectivity index (χ0n) is 22.6. The van der Waals surface area contributed by atoms with Crippen molar-refractivity contribution >= 4 is 43.6 Å². The first-order chi connectivity index (χ1) is 20.1. The Bertz CT molecular complexity index is 2340. The van der Waals surface area contributed by atoms with Crippen molar-refractivity contribution in [1.29, 1.82) is 0 Å². The maximum absolute atomic E-state index is 4.48. The molecule has 4 heterocycles. The van der Waals surface area contributed by atoms with Crippen molar-refractivity contribution in [2.45, 2.75) is 19.3 Å². The average Bonchev–Trinajstić information content (AvgIpc) is 3.61. The third-order valence-corrected chi connectivity index (χ3v) is 8.84. The smallest absolute Gasteiger partial charge is 0.237 e. The molecule has 6 heteroatoms. The average molecular weight is 529 g/mol. The van der Waals surface area contributed by atoms with Gasteiger partial charge < -0.3 is 4.57 Å². The predicted octanol–water partition coefficient (Wildman–Crippen LogP) is 7.77. The van der Waals surface area contributed by atoms with Crippen LogP contribution in [0.15, 0.2) is 110 Å². The third-order valence-electron chi connectivity index (χ3n) is 8.84. The largest absolute Gasteiger partial charge is 0.309 e. The van der Waals surface area contributed by atoms with E-state index in [1.165, 1.54) is 56.7 Å². The van der Waals surface area contributed by atoms with Crippen molar-refractivity contribution < 1.29 is 0 Å². The monoisotopic (exact) mass is 528 g/mol. The summed E-state index contributed by atoms with van der Waals surface area (Å²) >= 11 is 0. The summed E-state index contributed by atoms with van der Waals surface area (Å²) in [6.45, 7) is 4.71. The van der Waals surface area contributed by atoms with E-state index in [2.05, 4.69) is 122 Å². The van der Waals surface area contributed by atoms with E-state index in [9.17, 15) is 0 Å². The van der Waals surface area contributed by atoms with Gasteiger partial charge in [0.15, 0.2) is 0 Å². The molecule has 0 saturated heterocycles. The number of benzene rings is 4. The van der Waals surface area contributed by atoms with E-state index in [4.69, 9.17) is 0 Å². The number of pyridine rings is 1. The summed E-state index contributed by atoms with van der Waals surface area (Å²) in [6, 6.07) is 30.9. The molecule has 41 heavy (non-hydrogen) atoms. The van der Waals surface area contributed by atoms with Gasteiger partial charge in [0.05, 0.1) is 22.1 Å². The van der Waals surface area contributed by atoms with Gasteiger partial charge in [0, 0.05) is 45.0 Å². The number of rotatable bonds is 2. The van der Waals surface area contributed by atoms with Crippen molar-refractivity contribution in [3.63, 3.8) is 0 Å². The SMILES string of the molecule is CC1(C)c2ccccc2-c2ccc3c4ccccc4n(-c4ccc5c(c4)c4cnccc4n5-c4ncncn4)c3c21. The molecule has 0 amide bonds. The summed E-state index contributed by atoms with van der Waals surface area (Å²) in [5, 5.41) is 4.69. The van der Waals surface area contributed by atoms with Crippen molar-refractivity contribution in [2.24, 2.45) is 0 Å². The Morgan fingerprint density at radius 2 is 1.39 bits per heavy atom. The minimum absolute atomic E-state index is 0.139. The Labute approximate surface area is 235 Å². The molecule has 194 valence electrons. The first kappa shape index (κ1) is 22.5. The van der Waals surface area contributed by atoms with E-state index >= 15 is 0 Å². The van der Waals surface area contributed by atoms with Crippen molar-refractivity contribution in [3.05, 3.63) is 121 Å². The zero-order chi connectivity index (χ0) is 27.3. The Morgan fingerprint density at radius 1 is 0.610 bits per heavy atom. The fraction of sp³-hybridized carbons (Fsp3) is 0.0857. The highest BCUT2D eigenvalue weighted by molar-refractivity contribution is 6.14. The molecule has 9 rings (SSSR count). The lowest BCUT2D eigenvalue weighted by Gasteiger charge is -2.23. The number of fused-ring (bicyclic) bond motifs is 10. The summed E-state index contributed by atoms with van der Waals surface area (Å²) in [6.07, 6.45) is 6.82. The lowest BCUT2D eigenvalue weighted by atomic mass is 9.81. The molecule has 8 aromatic rings. The first-order valence-corrected chi connectivity index (χ1v) is 13.8. The predicted molar refractivity (Wildman–Crippen MR) is 164 cm³/mol. The van der Waals surface area contributed by atoms with Crippen LogP contribution in [-0.4, -0.2) is 29.1 Å². The zero-order valence-corrected chi connectivity index (χ0v) is 22.6. The number of aromatic nitrogens is 6. The molecular formula is C35H24N6. The van der Waals surface area contributed by atoms with E-state index in [0.29, 0.717) is 5.95 Å². The molecule has 1 aliphatic carbocycles. The van der Waals surface area contributed by atoms with Gasteiger partial charge in [-0.2, -0.15) is 0 Å². The van der Waals surface area contributed by atoms with Crippen LogP contribution in [0, 0.1) is 0 Å². The molecule has 0 aliphatic heterocycles. The second kappa shape index (κ2) is 7.86. The second-order valence-electron chi connectivity index (χ2n) is 11.3. The van der Waals surface area contributed by atoms with Crippen LogP contribution in [0.1, 0.15) is 25.0 Å². The van der Waals surface area contributed by atoms with Crippen molar-refractivity contribution in [1.82, 2.24) is 29.1 Å². The highest BCUT2D eigenvalue weighted by atomic mass is 15.2. The summed E-state index contributed by atoms with van der Waals surface area (Å²) in [7, 11) is 0. The van der Waals surface area contributed by atoms with Gasteiger partial charge in [0.25, 0.3) is 0 Å². The molecule has 0 bridgehead atoms. The Hall–Kier alpha value is -5.36. The fourth-order valence-corrected chi connectivity index (χ4v) is 7.14. The standard InChI is InChI=1S/C35H24N6/c1-35(2)28-9-5-3-7-22(28)24-12-13-25-23-8-4-6-10-29(23)40(33(25)32(24)35)21-11-14-30-26(17-21)27-18-36-16-15-31(27)41(30)34-38-19-37-20-39-34/h3-20H,1-2H3.